The molecule has 0 aliphatic rings. The van der Waals surface area contributed by atoms with Gasteiger partial charge in [-0.2, -0.15) is 0 Å². The summed E-state index contributed by atoms with van der Waals surface area (Å²) in [6.45, 7) is 7.30. The number of nitrogens with one attached hydrogen (secondary N) is 1. The lowest BCUT2D eigenvalue weighted by molar-refractivity contribution is 1.04. The molecule has 3 heteroatoms. The highest BCUT2D eigenvalue weighted by Crippen LogP contribution is 2.22. The van der Waals surface area contributed by atoms with E-state index < -0.39 is 0 Å². The molecule has 106 valence electrons. The lowest BCUT2D eigenvalue weighted by Crippen LogP contribution is -2.14. The van der Waals surface area contributed by atoms with Crippen LogP contribution < -0.4 is 10.2 Å². The molecule has 0 aliphatic heterocycles. The van der Waals surface area contributed by atoms with E-state index in [4.69, 9.17) is 0 Å². The highest BCUT2D eigenvalue weighted by molar-refractivity contribution is 5.64. The van der Waals surface area contributed by atoms with Crippen LogP contribution in [0.3, 0.4) is 0 Å². The van der Waals surface area contributed by atoms with Crippen LogP contribution in [-0.4, -0.2) is 19.1 Å². The monoisotopic (exact) mass is 269 g/mol. The summed E-state index contributed by atoms with van der Waals surface area (Å²) in [6.07, 6.45) is 1.82. The number of aryl methyl sites for hydroxylation is 3. The third kappa shape index (κ3) is 3.10. The fourth-order valence-corrected chi connectivity index (χ4v) is 2.29. The standard InChI is InChI=1S/C17H23N3/c1-12-9-14(3)15(10-13(12)2)11-19-16-7-6-8-18-17(16)20(4)5/h6-10,19H,11H2,1-5H3. The van der Waals surface area contributed by atoms with Crippen LogP contribution in [0.4, 0.5) is 11.5 Å². The van der Waals surface area contributed by atoms with Crippen molar-refractivity contribution >= 4 is 11.5 Å². The molecule has 0 saturated carbocycles. The van der Waals surface area contributed by atoms with E-state index in [0.29, 0.717) is 0 Å². The largest absolute Gasteiger partial charge is 0.378 e. The van der Waals surface area contributed by atoms with Gasteiger partial charge in [-0.15, -0.1) is 0 Å². The van der Waals surface area contributed by atoms with E-state index in [1.807, 2.05) is 31.3 Å². The SMILES string of the molecule is Cc1cc(C)c(CNc2cccnc2N(C)C)cc1C. The minimum atomic E-state index is 0.819. The Balaban J connectivity index is 2.19. The molecule has 0 amide bonds. The lowest BCUT2D eigenvalue weighted by Gasteiger charge is -2.18. The van der Waals surface area contributed by atoms with Crippen molar-refractivity contribution in [2.45, 2.75) is 27.3 Å². The van der Waals surface area contributed by atoms with E-state index in [0.717, 1.165) is 18.1 Å². The van der Waals surface area contributed by atoms with Crippen molar-refractivity contribution in [2.75, 3.05) is 24.3 Å². The molecule has 0 fully saturated rings. The molecule has 0 radical (unpaired) electrons. The number of nitrogens with zero attached hydrogens (tertiary/aromatic N) is 2. The zero-order valence-corrected chi connectivity index (χ0v) is 13.0. The normalized spacial score (nSPS) is 10.4. The van der Waals surface area contributed by atoms with E-state index in [2.05, 4.69) is 49.3 Å². The van der Waals surface area contributed by atoms with Crippen LogP contribution in [0, 0.1) is 20.8 Å². The number of pyridine rings is 1. The summed E-state index contributed by atoms with van der Waals surface area (Å²) in [5.74, 6) is 0.967. The predicted octanol–water partition coefficient (Wildman–Crippen LogP) is 3.68. The Morgan fingerprint density at radius 1 is 1.05 bits per heavy atom. The molecule has 3 nitrogen and oxygen atoms in total. The molecule has 2 rings (SSSR count). The van der Waals surface area contributed by atoms with Crippen molar-refractivity contribution in [3.8, 4) is 0 Å². The first kappa shape index (κ1) is 14.4. The molecule has 2 aromatic rings. The average molecular weight is 269 g/mol. The van der Waals surface area contributed by atoms with Crippen LogP contribution in [0.25, 0.3) is 0 Å². The zero-order chi connectivity index (χ0) is 14.7. The average Bonchev–Trinajstić information content (AvgIpc) is 2.41. The lowest BCUT2D eigenvalue weighted by atomic mass is 10.0. The Hall–Kier alpha value is -2.03. The first-order valence-corrected chi connectivity index (χ1v) is 6.92. The van der Waals surface area contributed by atoms with Crippen molar-refractivity contribution in [3.05, 3.63) is 52.7 Å². The van der Waals surface area contributed by atoms with Gasteiger partial charge in [0.05, 0.1) is 5.69 Å². The van der Waals surface area contributed by atoms with Crippen molar-refractivity contribution in [1.82, 2.24) is 4.98 Å². The quantitative estimate of drug-likeness (QED) is 0.917. The Morgan fingerprint density at radius 2 is 1.75 bits per heavy atom. The number of benzene rings is 1. The van der Waals surface area contributed by atoms with E-state index in [9.17, 15) is 0 Å². The molecular weight excluding hydrogens is 246 g/mol. The fourth-order valence-electron chi connectivity index (χ4n) is 2.29. The number of hydrogen-bond donors (Lipinski definition) is 1. The smallest absolute Gasteiger partial charge is 0.151 e. The maximum Gasteiger partial charge on any atom is 0.151 e. The summed E-state index contributed by atoms with van der Waals surface area (Å²) in [5, 5.41) is 3.49. The first-order valence-electron chi connectivity index (χ1n) is 6.92. The molecule has 0 unspecified atom stereocenters. The van der Waals surface area contributed by atoms with Gasteiger partial charge >= 0.3 is 0 Å². The van der Waals surface area contributed by atoms with Gasteiger partial charge in [0.15, 0.2) is 5.82 Å². The van der Waals surface area contributed by atoms with Crippen LogP contribution in [0.5, 0.6) is 0 Å². The van der Waals surface area contributed by atoms with Gasteiger partial charge < -0.3 is 10.2 Å². The predicted molar refractivity (Wildman–Crippen MR) is 86.5 cm³/mol. The van der Waals surface area contributed by atoms with Crippen LogP contribution in [0.2, 0.25) is 0 Å². The second kappa shape index (κ2) is 5.95. The Bertz CT molecular complexity index is 603. The van der Waals surface area contributed by atoms with Gasteiger partial charge in [-0.3, -0.25) is 0 Å². The second-order valence-corrected chi connectivity index (χ2v) is 5.49. The highest BCUT2D eigenvalue weighted by atomic mass is 15.2. The second-order valence-electron chi connectivity index (χ2n) is 5.49. The molecule has 0 aliphatic carbocycles. The molecule has 1 aromatic carbocycles. The third-order valence-electron chi connectivity index (χ3n) is 3.63. The number of rotatable bonds is 4. The van der Waals surface area contributed by atoms with Crippen molar-refractivity contribution < 1.29 is 0 Å². The van der Waals surface area contributed by atoms with Gasteiger partial charge in [0, 0.05) is 26.8 Å². The minimum Gasteiger partial charge on any atom is -0.378 e. The van der Waals surface area contributed by atoms with E-state index in [1.165, 1.54) is 22.3 Å². The summed E-state index contributed by atoms with van der Waals surface area (Å²) in [4.78, 5) is 6.43. The molecule has 0 atom stereocenters. The number of aromatic nitrogens is 1. The summed E-state index contributed by atoms with van der Waals surface area (Å²) in [7, 11) is 4.02. The van der Waals surface area contributed by atoms with Crippen molar-refractivity contribution in [1.29, 1.82) is 0 Å². The van der Waals surface area contributed by atoms with Crippen molar-refractivity contribution in [3.63, 3.8) is 0 Å². The van der Waals surface area contributed by atoms with Gasteiger partial charge in [-0.1, -0.05) is 12.1 Å². The van der Waals surface area contributed by atoms with E-state index in [-0.39, 0.29) is 0 Å². The maximum atomic E-state index is 4.41. The van der Waals surface area contributed by atoms with Gasteiger partial charge in [-0.05, 0) is 55.2 Å². The molecule has 0 spiro atoms. The highest BCUT2D eigenvalue weighted by Gasteiger charge is 2.06. The summed E-state index contributed by atoms with van der Waals surface area (Å²) >= 11 is 0. The van der Waals surface area contributed by atoms with E-state index >= 15 is 0 Å². The first-order chi connectivity index (χ1) is 9.49. The van der Waals surface area contributed by atoms with Gasteiger partial charge in [-0.25, -0.2) is 4.98 Å². The summed E-state index contributed by atoms with van der Waals surface area (Å²) in [5.41, 5.74) is 6.42. The van der Waals surface area contributed by atoms with Gasteiger partial charge in [0.1, 0.15) is 0 Å². The van der Waals surface area contributed by atoms with Crippen LogP contribution >= 0.6 is 0 Å². The minimum absolute atomic E-state index is 0.819. The van der Waals surface area contributed by atoms with Crippen LogP contribution in [0.15, 0.2) is 30.5 Å². The van der Waals surface area contributed by atoms with Crippen LogP contribution in [0.1, 0.15) is 22.3 Å². The topological polar surface area (TPSA) is 28.2 Å². The molecule has 1 N–H and O–H groups in total. The number of hydrogen-bond acceptors (Lipinski definition) is 3. The Kier molecular flexibility index (Phi) is 4.28. The van der Waals surface area contributed by atoms with Crippen molar-refractivity contribution in [2.24, 2.45) is 0 Å². The van der Waals surface area contributed by atoms with Crippen LogP contribution in [-0.2, 0) is 6.54 Å². The molecular formula is C17H23N3. The van der Waals surface area contributed by atoms with Gasteiger partial charge in [0.25, 0.3) is 0 Å². The molecule has 1 heterocycles. The van der Waals surface area contributed by atoms with Gasteiger partial charge in [0.2, 0.25) is 0 Å². The molecule has 0 saturated heterocycles. The molecule has 1 aromatic heterocycles. The Labute approximate surface area is 121 Å². The fraction of sp³-hybridized carbons (Fsp3) is 0.353. The summed E-state index contributed by atoms with van der Waals surface area (Å²) in [6, 6.07) is 8.55. The maximum absolute atomic E-state index is 4.41. The number of anilines is 2. The van der Waals surface area contributed by atoms with E-state index in [1.54, 1.807) is 0 Å². The summed E-state index contributed by atoms with van der Waals surface area (Å²) < 4.78 is 0. The Morgan fingerprint density at radius 3 is 2.45 bits per heavy atom. The zero-order valence-electron chi connectivity index (χ0n) is 13.0. The molecule has 0 bridgehead atoms. The third-order valence-corrected chi connectivity index (χ3v) is 3.63. The molecule has 20 heavy (non-hydrogen) atoms.